The monoisotopic (exact) mass is 564 g/mol. The highest BCUT2D eigenvalue weighted by atomic mass is 79.9. The van der Waals surface area contributed by atoms with E-state index in [0.717, 1.165) is 16.3 Å². The molecule has 0 heterocycles. The molecule has 1 unspecified atom stereocenters. The van der Waals surface area contributed by atoms with Gasteiger partial charge in [-0.25, -0.2) is 4.21 Å². The van der Waals surface area contributed by atoms with Crippen LogP contribution < -0.4 is 9.92 Å². The highest BCUT2D eigenvalue weighted by molar-refractivity contribution is 9.46. The molecule has 0 N–H and O–H groups in total. The van der Waals surface area contributed by atoms with E-state index in [9.17, 15) is 17.4 Å². The summed E-state index contributed by atoms with van der Waals surface area (Å²) < 4.78 is 58.3. The molecule has 0 spiro atoms. The van der Waals surface area contributed by atoms with Gasteiger partial charge in [0.15, 0.2) is 0 Å². The fourth-order valence-electron chi connectivity index (χ4n) is 4.41. The molecular weight excluding hydrogens is 541 g/mol. The second-order valence-corrected chi connectivity index (χ2v) is 17.2. The first-order valence-electron chi connectivity index (χ1n) is 10.7. The molecule has 2 nitrogen and oxygen atoms in total. The maximum absolute atomic E-state index is 13.6. The molecule has 178 valence electrons. The van der Waals surface area contributed by atoms with Crippen LogP contribution in [0.25, 0.3) is 32.7 Å². The summed E-state index contributed by atoms with van der Waals surface area (Å²) in [4.78, 5) is 0.437. The molecule has 0 saturated carbocycles. The quantitative estimate of drug-likeness (QED) is 0.185. The summed E-state index contributed by atoms with van der Waals surface area (Å²) >= 11 is 3.19. The van der Waals surface area contributed by atoms with Gasteiger partial charge in [0.2, 0.25) is 0 Å². The van der Waals surface area contributed by atoms with E-state index in [1.807, 2.05) is 49.4 Å². The molecule has 4 aromatic carbocycles. The van der Waals surface area contributed by atoms with Crippen molar-refractivity contribution in [3.05, 3.63) is 65.7 Å². The molecule has 0 radical (unpaired) electrons. The highest BCUT2D eigenvalue weighted by Crippen LogP contribution is 2.47. The van der Waals surface area contributed by atoms with Gasteiger partial charge in [-0.15, -0.1) is 13.2 Å². The van der Waals surface area contributed by atoms with Gasteiger partial charge in [0.1, 0.15) is 15.0 Å². The fourth-order valence-corrected chi connectivity index (χ4v) is 7.52. The van der Waals surface area contributed by atoms with Crippen LogP contribution in [0.4, 0.5) is 13.2 Å². The van der Waals surface area contributed by atoms with Crippen molar-refractivity contribution in [1.29, 1.82) is 0 Å². The van der Waals surface area contributed by atoms with Gasteiger partial charge in [0.25, 0.3) is 0 Å². The van der Waals surface area contributed by atoms with Gasteiger partial charge in [0, 0.05) is 25.9 Å². The first kappa shape index (κ1) is 24.9. The van der Waals surface area contributed by atoms with Crippen molar-refractivity contribution in [2.45, 2.75) is 44.7 Å². The molecule has 4 rings (SSSR count). The van der Waals surface area contributed by atoms with Crippen LogP contribution in [0, 0.1) is 13.8 Å². The van der Waals surface area contributed by atoms with E-state index in [1.165, 1.54) is 5.19 Å². The average Bonchev–Trinajstić information content (AvgIpc) is 2.71. The summed E-state index contributed by atoms with van der Waals surface area (Å²) in [6, 6.07) is 17.0. The molecule has 0 aliphatic heterocycles. The highest BCUT2D eigenvalue weighted by Gasteiger charge is 2.35. The van der Waals surface area contributed by atoms with Gasteiger partial charge in [0.05, 0.1) is 13.0 Å². The fraction of sp³-hybridized carbons (Fsp3) is 0.231. The zero-order valence-corrected chi connectivity index (χ0v) is 22.8. The molecule has 0 bridgehead atoms. The Balaban J connectivity index is 2.25. The Morgan fingerprint density at radius 2 is 1.47 bits per heavy atom. The predicted molar refractivity (Wildman–Crippen MR) is 141 cm³/mol. The van der Waals surface area contributed by atoms with E-state index < -0.39 is 23.7 Å². The number of ether oxygens (including phenoxy) is 1. The molecule has 34 heavy (non-hydrogen) atoms. The van der Waals surface area contributed by atoms with Crippen molar-refractivity contribution < 1.29 is 22.1 Å². The zero-order chi connectivity index (χ0) is 25.0. The van der Waals surface area contributed by atoms with Crippen LogP contribution in [0.5, 0.6) is 5.75 Å². The third kappa shape index (κ3) is 4.68. The van der Waals surface area contributed by atoms with Crippen LogP contribution in [-0.4, -0.2) is 18.6 Å². The molecule has 0 aliphatic carbocycles. The number of hydrogen-bond acceptors (Lipinski definition) is 2. The van der Waals surface area contributed by atoms with Crippen molar-refractivity contribution in [1.82, 2.24) is 0 Å². The Hall–Kier alpha value is -2.16. The number of alkyl halides is 3. The Labute approximate surface area is 207 Å². The molecule has 0 aliphatic rings. The molecular formula is C26H24BrF3O2SSi. The Morgan fingerprint density at radius 3 is 2.09 bits per heavy atom. The van der Waals surface area contributed by atoms with Crippen LogP contribution in [0.15, 0.2) is 59.5 Å². The van der Waals surface area contributed by atoms with E-state index in [4.69, 9.17) is 0 Å². The molecule has 0 saturated heterocycles. The normalized spacial score (nSPS) is 13.4. The largest absolute Gasteiger partial charge is 0.573 e. The molecule has 1 atom stereocenters. The van der Waals surface area contributed by atoms with Crippen LogP contribution in [0.1, 0.15) is 11.1 Å². The van der Waals surface area contributed by atoms with Gasteiger partial charge < -0.3 is 4.74 Å². The number of benzene rings is 4. The Kier molecular flexibility index (Phi) is 6.46. The number of fused-ring (bicyclic) bond motifs is 2. The minimum absolute atomic E-state index is 0.268. The Bertz CT molecular complexity index is 1460. The third-order valence-electron chi connectivity index (χ3n) is 5.96. The minimum atomic E-state index is -4.88. The van der Waals surface area contributed by atoms with Crippen LogP contribution in [0.2, 0.25) is 19.6 Å². The van der Waals surface area contributed by atoms with Crippen molar-refractivity contribution in [2.75, 3.05) is 0 Å². The SMILES string of the molecule is Cc1cc2cc([Si](C)(C)C)ccc2c(-c2c(S(=O)Br)c(C)cc3ccccc23)c1OC(F)(F)F. The first-order valence-corrected chi connectivity index (χ1v) is 17.2. The molecule has 0 aromatic heterocycles. The van der Waals surface area contributed by atoms with E-state index >= 15 is 0 Å². The number of rotatable bonds is 4. The summed E-state index contributed by atoms with van der Waals surface area (Å²) in [6.45, 7) is 10.1. The van der Waals surface area contributed by atoms with Crippen LogP contribution in [-0.2, 0) is 9.23 Å². The van der Waals surface area contributed by atoms with Gasteiger partial charge in [-0.2, -0.15) is 0 Å². The van der Waals surface area contributed by atoms with Gasteiger partial charge in [-0.1, -0.05) is 73.4 Å². The maximum atomic E-state index is 13.6. The van der Waals surface area contributed by atoms with E-state index in [1.54, 1.807) is 13.0 Å². The van der Waals surface area contributed by atoms with E-state index in [2.05, 4.69) is 45.3 Å². The smallest absolute Gasteiger partial charge is 0.405 e. The lowest BCUT2D eigenvalue weighted by Gasteiger charge is -2.23. The van der Waals surface area contributed by atoms with Crippen molar-refractivity contribution in [3.63, 3.8) is 0 Å². The summed E-state index contributed by atoms with van der Waals surface area (Å²) in [5, 5.41) is 4.22. The zero-order valence-electron chi connectivity index (χ0n) is 19.4. The van der Waals surface area contributed by atoms with Gasteiger partial charge in [-0.05, 0) is 52.6 Å². The van der Waals surface area contributed by atoms with Crippen molar-refractivity contribution >= 4 is 58.9 Å². The van der Waals surface area contributed by atoms with Crippen molar-refractivity contribution in [3.8, 4) is 16.9 Å². The van der Waals surface area contributed by atoms with E-state index in [-0.39, 0.29) is 5.75 Å². The first-order chi connectivity index (χ1) is 15.8. The minimum Gasteiger partial charge on any atom is -0.405 e. The van der Waals surface area contributed by atoms with Crippen LogP contribution >= 0.6 is 14.8 Å². The van der Waals surface area contributed by atoms with Gasteiger partial charge in [-0.3, -0.25) is 0 Å². The summed E-state index contributed by atoms with van der Waals surface area (Å²) in [7, 11) is -3.29. The molecule has 0 amide bonds. The maximum Gasteiger partial charge on any atom is 0.573 e. The lowest BCUT2D eigenvalue weighted by atomic mass is 9.90. The third-order valence-corrected chi connectivity index (χ3v) is 9.82. The molecule has 0 fully saturated rings. The standard InChI is InChI=1S/C26H24BrF3O2SSi/c1-15-12-18-14-19(34(3,4)5)10-11-21(18)22(24(15)32-26(28,29)30)23-20-9-7-6-8-17(20)13-16(2)25(23)33(27)31/h6-14H,1-5H3. The van der Waals surface area contributed by atoms with E-state index in [0.29, 0.717) is 32.4 Å². The topological polar surface area (TPSA) is 26.3 Å². The summed E-state index contributed by atoms with van der Waals surface area (Å²) in [6.07, 6.45) is -4.88. The lowest BCUT2D eigenvalue weighted by molar-refractivity contribution is -0.274. The van der Waals surface area contributed by atoms with Gasteiger partial charge >= 0.3 is 6.36 Å². The second kappa shape index (κ2) is 8.81. The predicted octanol–water partition coefficient (Wildman–Crippen LogP) is 8.14. The Morgan fingerprint density at radius 1 is 0.853 bits per heavy atom. The van der Waals surface area contributed by atoms with Crippen LogP contribution in [0.3, 0.4) is 0 Å². The summed E-state index contributed by atoms with van der Waals surface area (Å²) in [5.41, 5.74) is 1.87. The second-order valence-electron chi connectivity index (χ2n) is 9.47. The summed E-state index contributed by atoms with van der Waals surface area (Å²) in [5.74, 6) is -0.268. The molecule has 8 heteroatoms. The number of halogens is 4. The van der Waals surface area contributed by atoms with Crippen molar-refractivity contribution in [2.24, 2.45) is 0 Å². The number of aryl methyl sites for hydroxylation is 2. The average molecular weight is 566 g/mol. The lowest BCUT2D eigenvalue weighted by Crippen LogP contribution is -2.37. The molecule has 4 aromatic rings. The number of hydrogen-bond donors (Lipinski definition) is 0.